The van der Waals surface area contributed by atoms with Crippen molar-refractivity contribution in [2.24, 2.45) is 0 Å². The molecule has 0 bridgehead atoms. The first-order valence-corrected chi connectivity index (χ1v) is 9.02. The predicted molar refractivity (Wildman–Crippen MR) is 103 cm³/mol. The Hall–Kier alpha value is -2.66. The lowest BCUT2D eigenvalue weighted by atomic mass is 10.2. The Morgan fingerprint density at radius 1 is 1.24 bits per heavy atom. The minimum Gasteiger partial charge on any atom is -0.493 e. The summed E-state index contributed by atoms with van der Waals surface area (Å²) in [6.45, 7) is 6.54. The van der Waals surface area contributed by atoms with Gasteiger partial charge in [-0.25, -0.2) is 0 Å². The number of thiazole rings is 1. The highest BCUT2D eigenvalue weighted by Gasteiger charge is 1.99. The van der Waals surface area contributed by atoms with E-state index in [-0.39, 0.29) is 4.87 Å². The van der Waals surface area contributed by atoms with E-state index in [1.807, 2.05) is 36.5 Å². The van der Waals surface area contributed by atoms with Crippen LogP contribution in [0.25, 0.3) is 12.7 Å². The van der Waals surface area contributed by atoms with Gasteiger partial charge in [-0.05, 0) is 41.8 Å². The third-order valence-electron chi connectivity index (χ3n) is 3.85. The second-order valence-electron chi connectivity index (χ2n) is 5.68. The smallest absolute Gasteiger partial charge is 0.305 e. The zero-order valence-corrected chi connectivity index (χ0v) is 14.9. The molecular weight excluding hydrogens is 332 g/mol. The number of ether oxygens (including phenoxy) is 1. The van der Waals surface area contributed by atoms with Gasteiger partial charge < -0.3 is 9.72 Å². The molecule has 0 aliphatic heterocycles. The Kier molecular flexibility index (Phi) is 5.46. The predicted octanol–water partition coefficient (Wildman–Crippen LogP) is 2.25. The molecule has 3 rings (SSSR count). The molecule has 4 nitrogen and oxygen atoms in total. The molecular formula is C20H20N2O2S. The van der Waals surface area contributed by atoms with Crippen LogP contribution in [0.5, 0.6) is 5.75 Å². The van der Waals surface area contributed by atoms with Crippen molar-refractivity contribution in [3.63, 3.8) is 0 Å². The van der Waals surface area contributed by atoms with Crippen LogP contribution in [0.3, 0.4) is 0 Å². The highest BCUT2D eigenvalue weighted by molar-refractivity contribution is 7.07. The summed E-state index contributed by atoms with van der Waals surface area (Å²) in [6.07, 6.45) is 5.64. The van der Waals surface area contributed by atoms with Crippen LogP contribution in [0.4, 0.5) is 0 Å². The lowest BCUT2D eigenvalue weighted by molar-refractivity contribution is 0.320. The van der Waals surface area contributed by atoms with Gasteiger partial charge in [0, 0.05) is 18.3 Å². The molecule has 0 fully saturated rings. The molecule has 25 heavy (non-hydrogen) atoms. The van der Waals surface area contributed by atoms with E-state index < -0.39 is 0 Å². The zero-order chi connectivity index (χ0) is 17.6. The Bertz CT molecular complexity index is 986. The molecule has 0 amide bonds. The van der Waals surface area contributed by atoms with E-state index in [2.05, 4.69) is 35.6 Å². The molecule has 128 valence electrons. The van der Waals surface area contributed by atoms with Crippen molar-refractivity contribution in [2.75, 3.05) is 6.61 Å². The topological polar surface area (TPSA) is 55.0 Å². The molecule has 3 aromatic rings. The molecule has 0 radical (unpaired) electrons. The average molecular weight is 352 g/mol. The summed E-state index contributed by atoms with van der Waals surface area (Å²) in [7, 11) is 0. The Balaban J connectivity index is 1.59. The molecule has 2 aromatic heterocycles. The number of hydrogen-bond donors (Lipinski definition) is 1. The van der Waals surface area contributed by atoms with Crippen LogP contribution in [0.15, 0.2) is 47.4 Å². The Morgan fingerprint density at radius 2 is 2.04 bits per heavy atom. The summed E-state index contributed by atoms with van der Waals surface area (Å²) >= 11 is 1.16. The monoisotopic (exact) mass is 352 g/mol. The average Bonchev–Trinajstić information content (AvgIpc) is 2.94. The number of H-pyrrole nitrogens is 1. The molecule has 0 unspecified atom stereocenters. The molecule has 1 aromatic carbocycles. The fraction of sp³-hybridized carbons (Fsp3) is 0.200. The van der Waals surface area contributed by atoms with Gasteiger partial charge in [0.1, 0.15) is 5.75 Å². The van der Waals surface area contributed by atoms with Crippen LogP contribution in [0, 0.1) is 0 Å². The fourth-order valence-corrected chi connectivity index (χ4v) is 3.13. The van der Waals surface area contributed by atoms with E-state index in [4.69, 9.17) is 4.74 Å². The molecule has 1 N–H and O–H groups in total. The minimum atomic E-state index is -0.0863. The maximum atomic E-state index is 11.3. The zero-order valence-electron chi connectivity index (χ0n) is 14.1. The van der Waals surface area contributed by atoms with Gasteiger partial charge in [-0.3, -0.25) is 9.78 Å². The van der Waals surface area contributed by atoms with Crippen LogP contribution >= 0.6 is 11.3 Å². The van der Waals surface area contributed by atoms with Crippen LogP contribution in [-0.2, 0) is 12.8 Å². The van der Waals surface area contributed by atoms with Crippen molar-refractivity contribution in [2.45, 2.75) is 19.8 Å². The van der Waals surface area contributed by atoms with E-state index in [9.17, 15) is 4.79 Å². The summed E-state index contributed by atoms with van der Waals surface area (Å²) in [5.74, 6) is 0.819. The summed E-state index contributed by atoms with van der Waals surface area (Å²) < 4.78 is 6.63. The van der Waals surface area contributed by atoms with Gasteiger partial charge >= 0.3 is 4.87 Å². The number of rotatable bonds is 6. The molecule has 0 atom stereocenters. The van der Waals surface area contributed by atoms with Crippen LogP contribution in [-0.4, -0.2) is 16.6 Å². The van der Waals surface area contributed by atoms with Crippen LogP contribution < -0.4 is 19.5 Å². The van der Waals surface area contributed by atoms with Crippen molar-refractivity contribution < 1.29 is 4.74 Å². The number of hydrogen-bond acceptors (Lipinski definition) is 4. The van der Waals surface area contributed by atoms with E-state index in [0.29, 0.717) is 12.0 Å². The molecule has 0 aliphatic carbocycles. The second-order valence-corrected chi connectivity index (χ2v) is 6.70. The lowest BCUT2D eigenvalue weighted by Gasteiger charge is -2.06. The lowest BCUT2D eigenvalue weighted by Crippen LogP contribution is -2.19. The SMILES string of the molecule is C=c1[nH]c(=O)s/c1=C/c1ccc(OCCc2ccc(CC)cn2)cc1. The van der Waals surface area contributed by atoms with Gasteiger partial charge in [0.2, 0.25) is 0 Å². The largest absolute Gasteiger partial charge is 0.493 e. The van der Waals surface area contributed by atoms with Gasteiger partial charge in [0.25, 0.3) is 0 Å². The maximum Gasteiger partial charge on any atom is 0.305 e. The highest BCUT2D eigenvalue weighted by atomic mass is 32.1. The fourth-order valence-electron chi connectivity index (χ4n) is 2.39. The van der Waals surface area contributed by atoms with E-state index in [1.165, 1.54) is 5.56 Å². The van der Waals surface area contributed by atoms with Crippen molar-refractivity contribution in [3.8, 4) is 5.75 Å². The number of aromatic nitrogens is 2. The quantitative estimate of drug-likeness (QED) is 0.740. The van der Waals surface area contributed by atoms with Gasteiger partial charge in [0.15, 0.2) is 0 Å². The van der Waals surface area contributed by atoms with Gasteiger partial charge in [-0.1, -0.05) is 43.0 Å². The van der Waals surface area contributed by atoms with Crippen LogP contribution in [0.1, 0.15) is 23.7 Å². The summed E-state index contributed by atoms with van der Waals surface area (Å²) in [4.78, 5) is 18.3. The van der Waals surface area contributed by atoms with Crippen molar-refractivity contribution in [1.29, 1.82) is 0 Å². The van der Waals surface area contributed by atoms with Gasteiger partial charge in [-0.15, -0.1) is 0 Å². The minimum absolute atomic E-state index is 0.0863. The maximum absolute atomic E-state index is 11.3. The molecule has 0 saturated heterocycles. The first-order chi connectivity index (χ1) is 12.1. The van der Waals surface area contributed by atoms with Crippen molar-refractivity contribution >= 4 is 24.0 Å². The molecule has 5 heteroatoms. The third-order valence-corrected chi connectivity index (χ3v) is 4.72. The van der Waals surface area contributed by atoms with Crippen molar-refractivity contribution in [1.82, 2.24) is 9.97 Å². The normalized spacial score (nSPS) is 11.6. The highest BCUT2D eigenvalue weighted by Crippen LogP contribution is 2.13. The van der Waals surface area contributed by atoms with Crippen LogP contribution in [0.2, 0.25) is 0 Å². The standard InChI is InChI=1S/C20H20N2O2S/c1-3-15-4-7-17(21-13-15)10-11-24-18-8-5-16(6-9-18)12-19-14(2)22-20(23)25-19/h4-9,12-13H,2-3,10-11H2,1H3,(H,22,23)/b19-12+. The van der Waals surface area contributed by atoms with Gasteiger partial charge in [0.05, 0.1) is 16.5 Å². The molecule has 0 saturated carbocycles. The second kappa shape index (κ2) is 7.94. The van der Waals surface area contributed by atoms with Crippen molar-refractivity contribution in [3.05, 3.63) is 79.0 Å². The number of nitrogens with one attached hydrogen (secondary N) is 1. The number of nitrogens with zero attached hydrogens (tertiary/aromatic N) is 1. The Labute approximate surface area is 150 Å². The Morgan fingerprint density at radius 3 is 2.64 bits per heavy atom. The number of aryl methyl sites for hydroxylation is 1. The molecule has 0 aliphatic rings. The summed E-state index contributed by atoms with van der Waals surface area (Å²) in [5, 5.41) is 0.650. The molecule has 2 heterocycles. The van der Waals surface area contributed by atoms with E-state index in [0.717, 1.165) is 45.7 Å². The number of pyridine rings is 1. The summed E-state index contributed by atoms with van der Waals surface area (Å²) in [5.41, 5.74) is 3.28. The van der Waals surface area contributed by atoms with E-state index in [1.54, 1.807) is 0 Å². The first kappa shape index (κ1) is 17.2. The summed E-state index contributed by atoms with van der Waals surface area (Å²) in [6, 6.07) is 12.0. The molecule has 0 spiro atoms. The third kappa shape index (κ3) is 4.67. The van der Waals surface area contributed by atoms with E-state index >= 15 is 0 Å². The number of benzene rings is 1. The number of aromatic amines is 1. The first-order valence-electron chi connectivity index (χ1n) is 8.20. The van der Waals surface area contributed by atoms with Gasteiger partial charge in [-0.2, -0.15) is 0 Å².